The van der Waals surface area contributed by atoms with E-state index in [4.69, 9.17) is 0 Å². The summed E-state index contributed by atoms with van der Waals surface area (Å²) >= 11 is 6.38. The van der Waals surface area contributed by atoms with Crippen LogP contribution in [0.5, 0.6) is 0 Å². The number of halogens is 4. The summed E-state index contributed by atoms with van der Waals surface area (Å²) in [4.78, 5) is 11.7. The summed E-state index contributed by atoms with van der Waals surface area (Å²) in [7, 11) is 0. The van der Waals surface area contributed by atoms with Gasteiger partial charge in [-0.3, -0.25) is 4.79 Å². The zero-order chi connectivity index (χ0) is 15.5. The average Bonchev–Trinajstić information content (AvgIpc) is 2.38. The van der Waals surface area contributed by atoms with Gasteiger partial charge in [-0.15, -0.1) is 0 Å². The van der Waals surface area contributed by atoms with Crippen molar-refractivity contribution in [3.63, 3.8) is 0 Å². The van der Waals surface area contributed by atoms with Gasteiger partial charge in [-0.25, -0.2) is 0 Å². The Labute approximate surface area is 137 Å². The van der Waals surface area contributed by atoms with Crippen LogP contribution < -0.4 is 10.6 Å². The van der Waals surface area contributed by atoms with Crippen molar-refractivity contribution >= 4 is 49.1 Å². The van der Waals surface area contributed by atoms with Crippen LogP contribution in [0.4, 0.5) is 20.2 Å². The minimum Gasteiger partial charge on any atom is -0.319 e. The van der Waals surface area contributed by atoms with Crippen LogP contribution in [0.3, 0.4) is 0 Å². The topological polar surface area (TPSA) is 41.1 Å². The molecule has 21 heavy (non-hydrogen) atoms. The predicted octanol–water partition coefficient (Wildman–Crippen LogP) is 4.86. The summed E-state index contributed by atoms with van der Waals surface area (Å²) in [6.45, 7) is 0. The molecule has 0 fully saturated rings. The molecule has 0 spiro atoms. The Hall–Kier alpha value is -1.47. The lowest BCUT2D eigenvalue weighted by Gasteiger charge is -2.18. The molecule has 2 aromatic carbocycles. The highest BCUT2D eigenvalue weighted by atomic mass is 79.9. The van der Waals surface area contributed by atoms with E-state index in [2.05, 4.69) is 37.2 Å². The minimum atomic E-state index is -3.73. The lowest BCUT2D eigenvalue weighted by Crippen LogP contribution is -2.41. The van der Waals surface area contributed by atoms with Gasteiger partial charge in [0.25, 0.3) is 0 Å². The zero-order valence-electron chi connectivity index (χ0n) is 10.5. The number of anilines is 2. The molecule has 2 N–H and O–H groups in total. The van der Waals surface area contributed by atoms with Crippen LogP contribution in [0.15, 0.2) is 57.5 Å². The fourth-order valence-electron chi connectivity index (χ4n) is 1.58. The summed E-state index contributed by atoms with van der Waals surface area (Å²) in [5.41, 5.74) is 0.420. The van der Waals surface area contributed by atoms with Crippen molar-refractivity contribution in [2.75, 3.05) is 10.6 Å². The number of hydrogen-bond acceptors (Lipinski definition) is 2. The molecular formula is C14H10Br2F2N2O. The molecule has 2 rings (SSSR count). The number of rotatable bonds is 4. The average molecular weight is 420 g/mol. The molecule has 0 bridgehead atoms. The van der Waals surface area contributed by atoms with Crippen molar-refractivity contribution in [3.05, 3.63) is 57.5 Å². The molecular weight excluding hydrogens is 410 g/mol. The highest BCUT2D eigenvalue weighted by Gasteiger charge is 2.39. The van der Waals surface area contributed by atoms with Gasteiger partial charge in [0.05, 0.1) is 0 Å². The number of hydrogen-bond donors (Lipinski definition) is 2. The standard InChI is InChI=1S/C14H10Br2F2N2O/c15-9-3-1-5-11(7-9)19-13(21)14(17,18)20-12-6-2-4-10(16)8-12/h1-8,20H,(H,19,21). The first-order chi connectivity index (χ1) is 9.87. The molecule has 0 saturated heterocycles. The summed E-state index contributed by atoms with van der Waals surface area (Å²) in [6, 6.07) is 8.89. The van der Waals surface area contributed by atoms with E-state index in [1.165, 1.54) is 24.3 Å². The molecule has 3 nitrogen and oxygen atoms in total. The Balaban J connectivity index is 2.09. The third-order valence-corrected chi connectivity index (χ3v) is 3.48. The molecule has 110 valence electrons. The maximum atomic E-state index is 13.9. The first-order valence-electron chi connectivity index (χ1n) is 5.85. The molecule has 0 aliphatic heterocycles. The molecule has 0 saturated carbocycles. The van der Waals surface area contributed by atoms with E-state index in [9.17, 15) is 13.6 Å². The molecule has 0 unspecified atom stereocenters. The lowest BCUT2D eigenvalue weighted by atomic mass is 10.3. The van der Waals surface area contributed by atoms with Gasteiger partial charge in [-0.1, -0.05) is 44.0 Å². The molecule has 0 atom stereocenters. The van der Waals surface area contributed by atoms with E-state index in [1.54, 1.807) is 24.3 Å². The van der Waals surface area contributed by atoms with Gasteiger partial charge in [0, 0.05) is 20.3 Å². The molecule has 0 radical (unpaired) electrons. The molecule has 0 aromatic heterocycles. The van der Waals surface area contributed by atoms with Gasteiger partial charge < -0.3 is 10.6 Å². The van der Waals surface area contributed by atoms with E-state index in [0.717, 1.165) is 0 Å². The monoisotopic (exact) mass is 418 g/mol. The summed E-state index contributed by atoms with van der Waals surface area (Å²) in [5, 5.41) is 4.07. The van der Waals surface area contributed by atoms with Crippen LogP contribution in [-0.2, 0) is 4.79 Å². The lowest BCUT2D eigenvalue weighted by molar-refractivity contribution is -0.135. The van der Waals surface area contributed by atoms with Crippen molar-refractivity contribution in [1.82, 2.24) is 0 Å². The second-order valence-corrected chi connectivity index (χ2v) is 6.01. The number of alkyl halides is 2. The number of amides is 1. The van der Waals surface area contributed by atoms with Crippen molar-refractivity contribution in [3.8, 4) is 0 Å². The van der Waals surface area contributed by atoms with Gasteiger partial charge in [0.15, 0.2) is 0 Å². The first-order valence-corrected chi connectivity index (χ1v) is 7.44. The van der Waals surface area contributed by atoms with Crippen LogP contribution in [0.1, 0.15) is 0 Å². The first kappa shape index (κ1) is 15.9. The Morgan fingerprint density at radius 1 is 0.952 bits per heavy atom. The highest BCUT2D eigenvalue weighted by molar-refractivity contribution is 9.10. The smallest absolute Gasteiger partial charge is 0.319 e. The Kier molecular flexibility index (Phi) is 4.95. The SMILES string of the molecule is O=C(Nc1cccc(Br)c1)C(F)(F)Nc1cccc(Br)c1. The molecule has 1 amide bonds. The maximum Gasteiger partial charge on any atom is 0.402 e. The molecule has 7 heteroatoms. The van der Waals surface area contributed by atoms with E-state index in [1.807, 2.05) is 5.32 Å². The van der Waals surface area contributed by atoms with Gasteiger partial charge in [-0.2, -0.15) is 8.78 Å². The number of carbonyl (C=O) groups is 1. The maximum absolute atomic E-state index is 13.9. The predicted molar refractivity (Wildman–Crippen MR) is 85.5 cm³/mol. The molecule has 0 aliphatic carbocycles. The van der Waals surface area contributed by atoms with Gasteiger partial charge >= 0.3 is 12.0 Å². The fourth-order valence-corrected chi connectivity index (χ4v) is 2.38. The van der Waals surface area contributed by atoms with Crippen LogP contribution in [0.2, 0.25) is 0 Å². The van der Waals surface area contributed by atoms with Crippen LogP contribution in [0, 0.1) is 0 Å². The molecule has 0 heterocycles. The van der Waals surface area contributed by atoms with E-state index < -0.39 is 12.0 Å². The second-order valence-electron chi connectivity index (χ2n) is 4.17. The van der Waals surface area contributed by atoms with Crippen LogP contribution in [0.25, 0.3) is 0 Å². The van der Waals surface area contributed by atoms with Gasteiger partial charge in [0.2, 0.25) is 0 Å². The Morgan fingerprint density at radius 3 is 2.05 bits per heavy atom. The third kappa shape index (κ3) is 4.50. The van der Waals surface area contributed by atoms with E-state index in [-0.39, 0.29) is 11.4 Å². The van der Waals surface area contributed by atoms with Crippen LogP contribution >= 0.6 is 31.9 Å². The van der Waals surface area contributed by atoms with E-state index >= 15 is 0 Å². The van der Waals surface area contributed by atoms with Crippen molar-refractivity contribution in [2.45, 2.75) is 6.05 Å². The summed E-state index contributed by atoms with van der Waals surface area (Å²) < 4.78 is 29.1. The second kappa shape index (κ2) is 6.53. The van der Waals surface area contributed by atoms with E-state index in [0.29, 0.717) is 8.95 Å². The van der Waals surface area contributed by atoms with Gasteiger partial charge in [0.1, 0.15) is 0 Å². The van der Waals surface area contributed by atoms with Crippen molar-refractivity contribution in [2.24, 2.45) is 0 Å². The quantitative estimate of drug-likeness (QED) is 0.695. The highest BCUT2D eigenvalue weighted by Crippen LogP contribution is 2.24. The number of benzene rings is 2. The van der Waals surface area contributed by atoms with Crippen molar-refractivity contribution < 1.29 is 13.6 Å². The van der Waals surface area contributed by atoms with Crippen LogP contribution in [-0.4, -0.2) is 12.0 Å². The third-order valence-electron chi connectivity index (χ3n) is 2.49. The Bertz CT molecular complexity index is 665. The zero-order valence-corrected chi connectivity index (χ0v) is 13.7. The van der Waals surface area contributed by atoms with Gasteiger partial charge in [-0.05, 0) is 36.4 Å². The fraction of sp³-hybridized carbons (Fsp3) is 0.0714. The summed E-state index contributed by atoms with van der Waals surface area (Å²) in [5.74, 6) is -1.43. The number of nitrogens with one attached hydrogen (secondary N) is 2. The molecule has 0 aliphatic rings. The van der Waals surface area contributed by atoms with Crippen molar-refractivity contribution in [1.29, 1.82) is 0 Å². The Morgan fingerprint density at radius 2 is 1.48 bits per heavy atom. The molecule has 2 aromatic rings. The normalized spacial score (nSPS) is 11.0. The minimum absolute atomic E-state index is 0.138. The summed E-state index contributed by atoms with van der Waals surface area (Å²) in [6.07, 6.45) is 0. The largest absolute Gasteiger partial charge is 0.402 e. The number of carbonyl (C=O) groups excluding carboxylic acids is 1.